The highest BCUT2D eigenvalue weighted by Crippen LogP contribution is 2.28. The van der Waals surface area contributed by atoms with E-state index in [0.717, 1.165) is 6.42 Å². The first-order chi connectivity index (χ1) is 8.40. The van der Waals surface area contributed by atoms with Crippen molar-refractivity contribution in [1.82, 2.24) is 5.32 Å². The van der Waals surface area contributed by atoms with Gasteiger partial charge in [0.05, 0.1) is 11.6 Å². The summed E-state index contributed by atoms with van der Waals surface area (Å²) in [6.45, 7) is 8.73. The zero-order chi connectivity index (χ0) is 13.8. The Bertz CT molecular complexity index is 371. The molecular weight excluding hydrogens is 222 g/mol. The number of ether oxygens (including phenoxy) is 1. The molecule has 0 radical (unpaired) electrons. The molecule has 1 N–H and O–H groups in total. The summed E-state index contributed by atoms with van der Waals surface area (Å²) in [5.74, 6) is 0.684. The molecule has 0 amide bonds. The molecule has 0 saturated carbocycles. The topological polar surface area (TPSA) is 21.3 Å². The van der Waals surface area contributed by atoms with E-state index in [2.05, 4.69) is 57.3 Å². The van der Waals surface area contributed by atoms with Crippen LogP contribution < -0.4 is 5.32 Å². The van der Waals surface area contributed by atoms with Crippen LogP contribution in [0.4, 0.5) is 0 Å². The van der Waals surface area contributed by atoms with E-state index in [1.807, 2.05) is 7.05 Å². The fraction of sp³-hybridized carbons (Fsp3) is 0.625. The van der Waals surface area contributed by atoms with Crippen LogP contribution in [0.3, 0.4) is 0 Å². The molecule has 1 rings (SSSR count). The second-order valence-corrected chi connectivity index (χ2v) is 5.87. The third kappa shape index (κ3) is 3.82. The third-order valence-electron chi connectivity index (χ3n) is 3.44. The number of methoxy groups -OCH3 is 1. The third-order valence-corrected chi connectivity index (χ3v) is 3.44. The van der Waals surface area contributed by atoms with Gasteiger partial charge in [-0.15, -0.1) is 0 Å². The van der Waals surface area contributed by atoms with Crippen LogP contribution in [0.2, 0.25) is 0 Å². The molecule has 0 aliphatic carbocycles. The Labute approximate surface area is 112 Å². The molecule has 0 aliphatic heterocycles. The second-order valence-electron chi connectivity index (χ2n) is 5.87. The van der Waals surface area contributed by atoms with Crippen molar-refractivity contribution in [3.8, 4) is 0 Å². The van der Waals surface area contributed by atoms with Crippen molar-refractivity contribution in [2.24, 2.45) is 5.92 Å². The zero-order valence-corrected chi connectivity index (χ0v) is 12.6. The van der Waals surface area contributed by atoms with Gasteiger partial charge in [0.25, 0.3) is 0 Å². The number of likely N-dealkylation sites (N-methyl/N-ethyl adjacent to an activating group) is 1. The molecule has 1 unspecified atom stereocenters. The lowest BCUT2D eigenvalue weighted by Crippen LogP contribution is -2.39. The Kier molecular flexibility index (Phi) is 5.36. The molecule has 1 aromatic rings. The van der Waals surface area contributed by atoms with Gasteiger partial charge in [-0.25, -0.2) is 0 Å². The molecule has 2 nitrogen and oxygen atoms in total. The molecule has 0 aliphatic rings. The monoisotopic (exact) mass is 249 g/mol. The van der Waals surface area contributed by atoms with E-state index in [9.17, 15) is 0 Å². The minimum absolute atomic E-state index is 0.203. The minimum Gasteiger partial charge on any atom is -0.377 e. The molecule has 2 heteroatoms. The van der Waals surface area contributed by atoms with Crippen LogP contribution in [-0.4, -0.2) is 19.8 Å². The lowest BCUT2D eigenvalue weighted by Gasteiger charge is -2.33. The van der Waals surface area contributed by atoms with Gasteiger partial charge in [-0.1, -0.05) is 38.1 Å². The maximum absolute atomic E-state index is 5.60. The molecule has 18 heavy (non-hydrogen) atoms. The quantitative estimate of drug-likeness (QED) is 0.832. The maximum Gasteiger partial charge on any atom is 0.0816 e. The lowest BCUT2D eigenvalue weighted by molar-refractivity contribution is -0.00900. The molecule has 0 heterocycles. The van der Waals surface area contributed by atoms with E-state index in [1.54, 1.807) is 7.11 Å². The maximum atomic E-state index is 5.60. The zero-order valence-electron chi connectivity index (χ0n) is 12.6. The van der Waals surface area contributed by atoms with Crippen LogP contribution >= 0.6 is 0 Å². The lowest BCUT2D eigenvalue weighted by atomic mass is 9.89. The number of hydrogen-bond acceptors (Lipinski definition) is 2. The average Bonchev–Trinajstić information content (AvgIpc) is 2.29. The van der Waals surface area contributed by atoms with Gasteiger partial charge in [0.15, 0.2) is 0 Å². The van der Waals surface area contributed by atoms with Crippen molar-refractivity contribution in [3.63, 3.8) is 0 Å². The first-order valence-corrected chi connectivity index (χ1v) is 6.72. The van der Waals surface area contributed by atoms with Gasteiger partial charge >= 0.3 is 0 Å². The number of rotatable bonds is 6. The second kappa shape index (κ2) is 6.35. The predicted molar refractivity (Wildman–Crippen MR) is 77.9 cm³/mol. The van der Waals surface area contributed by atoms with Crippen LogP contribution in [0.15, 0.2) is 24.3 Å². The van der Waals surface area contributed by atoms with E-state index in [1.165, 1.54) is 11.1 Å². The summed E-state index contributed by atoms with van der Waals surface area (Å²) in [4.78, 5) is 0. The van der Waals surface area contributed by atoms with Gasteiger partial charge in [0.1, 0.15) is 0 Å². The van der Waals surface area contributed by atoms with Gasteiger partial charge < -0.3 is 10.1 Å². The largest absolute Gasteiger partial charge is 0.377 e. The van der Waals surface area contributed by atoms with Crippen molar-refractivity contribution in [3.05, 3.63) is 35.4 Å². The molecular formula is C16H27NO. The summed E-state index contributed by atoms with van der Waals surface area (Å²) < 4.78 is 5.60. The van der Waals surface area contributed by atoms with Gasteiger partial charge in [0.2, 0.25) is 0 Å². The van der Waals surface area contributed by atoms with E-state index in [-0.39, 0.29) is 11.6 Å². The molecule has 0 spiro atoms. The predicted octanol–water partition coefficient (Wildman–Crippen LogP) is 3.57. The van der Waals surface area contributed by atoms with E-state index in [0.29, 0.717) is 5.92 Å². The van der Waals surface area contributed by atoms with Crippen LogP contribution in [-0.2, 0) is 11.2 Å². The molecule has 102 valence electrons. The highest BCUT2D eigenvalue weighted by atomic mass is 16.5. The van der Waals surface area contributed by atoms with Crippen LogP contribution in [0.25, 0.3) is 0 Å². The Morgan fingerprint density at radius 1 is 1.28 bits per heavy atom. The van der Waals surface area contributed by atoms with Crippen LogP contribution in [0.5, 0.6) is 0 Å². The molecule has 0 bridgehead atoms. The van der Waals surface area contributed by atoms with E-state index < -0.39 is 0 Å². The Morgan fingerprint density at radius 3 is 2.44 bits per heavy atom. The number of benzene rings is 1. The number of nitrogens with one attached hydrogen (secondary N) is 1. The SMILES string of the molecule is CNC(c1cccc(CC(C)C)c1)C(C)(C)OC. The van der Waals surface area contributed by atoms with Crippen molar-refractivity contribution < 1.29 is 4.74 Å². The fourth-order valence-electron chi connectivity index (χ4n) is 2.40. The normalized spacial score (nSPS) is 13.9. The first-order valence-electron chi connectivity index (χ1n) is 6.72. The molecule has 0 aromatic heterocycles. The van der Waals surface area contributed by atoms with Crippen molar-refractivity contribution in [2.75, 3.05) is 14.2 Å². The summed E-state index contributed by atoms with van der Waals surface area (Å²) in [6, 6.07) is 9.02. The summed E-state index contributed by atoms with van der Waals surface area (Å²) >= 11 is 0. The summed E-state index contributed by atoms with van der Waals surface area (Å²) in [6.07, 6.45) is 1.12. The Balaban J connectivity index is 3.00. The van der Waals surface area contributed by atoms with E-state index >= 15 is 0 Å². The number of hydrogen-bond donors (Lipinski definition) is 1. The van der Waals surface area contributed by atoms with E-state index in [4.69, 9.17) is 4.74 Å². The van der Waals surface area contributed by atoms with Crippen LogP contribution in [0, 0.1) is 5.92 Å². The van der Waals surface area contributed by atoms with Gasteiger partial charge in [0, 0.05) is 7.11 Å². The molecule has 0 saturated heterocycles. The summed E-state index contributed by atoms with van der Waals surface area (Å²) in [5, 5.41) is 3.37. The molecule has 1 aromatic carbocycles. The van der Waals surface area contributed by atoms with Crippen molar-refractivity contribution in [2.45, 2.75) is 45.8 Å². The standard InChI is InChI=1S/C16H27NO/c1-12(2)10-13-8-7-9-14(11-13)15(17-5)16(3,4)18-6/h7-9,11-12,15,17H,10H2,1-6H3. The minimum atomic E-state index is -0.217. The molecule has 0 fully saturated rings. The smallest absolute Gasteiger partial charge is 0.0816 e. The van der Waals surface area contributed by atoms with Gasteiger partial charge in [-0.2, -0.15) is 0 Å². The summed E-state index contributed by atoms with van der Waals surface area (Å²) in [7, 11) is 3.75. The van der Waals surface area contributed by atoms with Crippen LogP contribution in [0.1, 0.15) is 44.9 Å². The van der Waals surface area contributed by atoms with Crippen molar-refractivity contribution in [1.29, 1.82) is 0 Å². The van der Waals surface area contributed by atoms with Gasteiger partial charge in [-0.3, -0.25) is 0 Å². The van der Waals surface area contributed by atoms with Crippen molar-refractivity contribution >= 4 is 0 Å². The molecule has 1 atom stereocenters. The first kappa shape index (κ1) is 15.2. The highest BCUT2D eigenvalue weighted by Gasteiger charge is 2.29. The Hall–Kier alpha value is -0.860. The van der Waals surface area contributed by atoms with Gasteiger partial charge in [-0.05, 0) is 44.4 Å². The summed E-state index contributed by atoms with van der Waals surface area (Å²) in [5.41, 5.74) is 2.47. The highest BCUT2D eigenvalue weighted by molar-refractivity contribution is 5.28. The Morgan fingerprint density at radius 2 is 1.94 bits per heavy atom. The average molecular weight is 249 g/mol. The fourth-order valence-corrected chi connectivity index (χ4v) is 2.40.